The van der Waals surface area contributed by atoms with Crippen molar-refractivity contribution >= 4 is 27.5 Å². The first kappa shape index (κ1) is 19.3. The van der Waals surface area contributed by atoms with Crippen molar-refractivity contribution in [3.8, 4) is 0 Å². The number of hydrogen-bond acceptors (Lipinski definition) is 5. The zero-order valence-electron chi connectivity index (χ0n) is 14.6. The summed E-state index contributed by atoms with van der Waals surface area (Å²) in [4.78, 5) is 17.6. The molecule has 0 radical (unpaired) electrons. The lowest BCUT2D eigenvalue weighted by Gasteiger charge is -2.29. The maximum Gasteiger partial charge on any atom is 0.233 e. The molecular weight excluding hydrogens is 344 g/mol. The van der Waals surface area contributed by atoms with E-state index in [0.29, 0.717) is 18.7 Å². The van der Waals surface area contributed by atoms with Gasteiger partial charge in [0.15, 0.2) is 9.84 Å². The first-order valence-corrected chi connectivity index (χ1v) is 10.9. The number of nitrogens with zero attached hydrogens (tertiary/aromatic N) is 2. The van der Waals surface area contributed by atoms with Crippen LogP contribution in [0.2, 0.25) is 0 Å². The van der Waals surface area contributed by atoms with Gasteiger partial charge < -0.3 is 9.80 Å². The van der Waals surface area contributed by atoms with E-state index in [4.69, 9.17) is 0 Å². The molecule has 24 heavy (non-hydrogen) atoms. The molecule has 1 aliphatic rings. The van der Waals surface area contributed by atoms with E-state index in [9.17, 15) is 13.2 Å². The fraction of sp³-hybridized carbons (Fsp3) is 0.588. The van der Waals surface area contributed by atoms with Gasteiger partial charge in [0.1, 0.15) is 0 Å². The van der Waals surface area contributed by atoms with Gasteiger partial charge in [-0.1, -0.05) is 18.2 Å². The Kier molecular flexibility index (Phi) is 6.71. The average Bonchev–Trinajstić information content (AvgIpc) is 2.86. The highest BCUT2D eigenvalue weighted by molar-refractivity contribution is 8.00. The Morgan fingerprint density at radius 1 is 1.25 bits per heavy atom. The van der Waals surface area contributed by atoms with Crippen LogP contribution in [0, 0.1) is 6.92 Å². The van der Waals surface area contributed by atoms with E-state index >= 15 is 0 Å². The summed E-state index contributed by atoms with van der Waals surface area (Å²) in [5.41, 5.74) is 1.15. The van der Waals surface area contributed by atoms with E-state index in [1.165, 1.54) is 11.8 Å². The molecule has 134 valence electrons. The van der Waals surface area contributed by atoms with Crippen LogP contribution in [0.15, 0.2) is 29.2 Å². The molecule has 0 unspecified atom stereocenters. The number of rotatable bonds is 7. The van der Waals surface area contributed by atoms with Crippen LogP contribution < -0.4 is 0 Å². The molecule has 2 rings (SSSR count). The quantitative estimate of drug-likeness (QED) is 0.683. The summed E-state index contributed by atoms with van der Waals surface area (Å²) in [6.07, 6.45) is 0.552. The van der Waals surface area contributed by atoms with Crippen molar-refractivity contribution in [3.63, 3.8) is 0 Å². The van der Waals surface area contributed by atoms with Crippen molar-refractivity contribution in [2.45, 2.75) is 24.3 Å². The molecule has 0 aromatic heterocycles. The molecule has 1 atom stereocenters. The number of carbonyl (C=O) groups is 1. The van der Waals surface area contributed by atoms with E-state index in [2.05, 4.69) is 0 Å². The van der Waals surface area contributed by atoms with Crippen molar-refractivity contribution in [2.75, 3.05) is 44.4 Å². The summed E-state index contributed by atoms with van der Waals surface area (Å²) in [6.45, 7) is 3.33. The molecule has 0 saturated carbocycles. The van der Waals surface area contributed by atoms with Crippen molar-refractivity contribution in [3.05, 3.63) is 29.8 Å². The highest BCUT2D eigenvalue weighted by Crippen LogP contribution is 2.24. The van der Waals surface area contributed by atoms with Gasteiger partial charge in [-0.15, -0.1) is 11.8 Å². The Labute approximate surface area is 149 Å². The fourth-order valence-corrected chi connectivity index (χ4v) is 5.43. The van der Waals surface area contributed by atoms with Crippen molar-refractivity contribution in [2.24, 2.45) is 0 Å². The van der Waals surface area contributed by atoms with E-state index in [-0.39, 0.29) is 23.5 Å². The third-order valence-corrected chi connectivity index (χ3v) is 7.11. The van der Waals surface area contributed by atoms with E-state index in [1.54, 1.807) is 4.90 Å². The van der Waals surface area contributed by atoms with Gasteiger partial charge in [0.05, 0.1) is 17.3 Å². The number of carbonyl (C=O) groups excluding carboxylic acids is 1. The summed E-state index contributed by atoms with van der Waals surface area (Å²) in [5, 5.41) is 0. The molecule has 1 aliphatic heterocycles. The van der Waals surface area contributed by atoms with E-state index < -0.39 is 9.84 Å². The summed E-state index contributed by atoms with van der Waals surface area (Å²) in [6, 6.07) is 7.80. The Bertz CT molecular complexity index is 674. The normalized spacial score (nSPS) is 19.6. The van der Waals surface area contributed by atoms with Crippen LogP contribution in [-0.2, 0) is 14.6 Å². The Balaban J connectivity index is 2.02. The number of amides is 1. The average molecular weight is 371 g/mol. The molecule has 1 heterocycles. The molecule has 1 aromatic rings. The molecule has 1 fully saturated rings. The maximum absolute atomic E-state index is 12.7. The number of sulfone groups is 1. The van der Waals surface area contributed by atoms with Crippen LogP contribution in [-0.4, -0.2) is 74.6 Å². The number of hydrogen-bond donors (Lipinski definition) is 0. The maximum atomic E-state index is 12.7. The summed E-state index contributed by atoms with van der Waals surface area (Å²) >= 11 is 1.52. The lowest BCUT2D eigenvalue weighted by molar-refractivity contribution is -0.130. The summed E-state index contributed by atoms with van der Waals surface area (Å²) < 4.78 is 23.6. The summed E-state index contributed by atoms with van der Waals surface area (Å²) in [5.74, 6) is 0.650. The van der Waals surface area contributed by atoms with Gasteiger partial charge in [-0.25, -0.2) is 8.42 Å². The third-order valence-electron chi connectivity index (χ3n) is 4.20. The first-order chi connectivity index (χ1) is 11.3. The monoisotopic (exact) mass is 370 g/mol. The molecule has 0 spiro atoms. The predicted molar refractivity (Wildman–Crippen MR) is 99.2 cm³/mol. The number of aryl methyl sites for hydroxylation is 1. The second-order valence-electron chi connectivity index (χ2n) is 6.50. The zero-order valence-corrected chi connectivity index (χ0v) is 16.2. The van der Waals surface area contributed by atoms with Crippen LogP contribution >= 0.6 is 11.8 Å². The highest BCUT2D eigenvalue weighted by atomic mass is 32.2. The zero-order chi connectivity index (χ0) is 17.7. The molecule has 0 aliphatic carbocycles. The predicted octanol–water partition coefficient (Wildman–Crippen LogP) is 1.66. The molecule has 1 aromatic carbocycles. The minimum Gasteiger partial charge on any atom is -0.337 e. The fourth-order valence-electron chi connectivity index (χ4n) is 2.78. The van der Waals surface area contributed by atoms with E-state index in [0.717, 1.165) is 17.0 Å². The van der Waals surface area contributed by atoms with Gasteiger partial charge in [0, 0.05) is 24.0 Å². The molecule has 0 bridgehead atoms. The Morgan fingerprint density at radius 3 is 2.54 bits per heavy atom. The van der Waals surface area contributed by atoms with Gasteiger partial charge in [0.2, 0.25) is 5.91 Å². The minimum atomic E-state index is -3.00. The van der Waals surface area contributed by atoms with Crippen LogP contribution in [0.1, 0.15) is 12.0 Å². The number of thioether (sulfide) groups is 1. The first-order valence-electron chi connectivity index (χ1n) is 8.11. The standard InChI is InChI=1S/C17H26N2O3S2/c1-14-6-4-5-7-16(14)23-12-17(20)19(10-9-18(2)3)15-8-11-24(21,22)13-15/h4-7,15H,8-13H2,1-3H3/t15-/m1/s1. The molecule has 1 amide bonds. The molecule has 5 nitrogen and oxygen atoms in total. The van der Waals surface area contributed by atoms with Crippen LogP contribution in [0.3, 0.4) is 0 Å². The van der Waals surface area contributed by atoms with Crippen molar-refractivity contribution in [1.82, 2.24) is 9.80 Å². The van der Waals surface area contributed by atoms with Crippen molar-refractivity contribution < 1.29 is 13.2 Å². The van der Waals surface area contributed by atoms with E-state index in [1.807, 2.05) is 50.2 Å². The Morgan fingerprint density at radius 2 is 1.96 bits per heavy atom. The van der Waals surface area contributed by atoms with Crippen molar-refractivity contribution in [1.29, 1.82) is 0 Å². The van der Waals surface area contributed by atoms with Gasteiger partial charge in [0.25, 0.3) is 0 Å². The molecule has 7 heteroatoms. The molecule has 0 N–H and O–H groups in total. The second kappa shape index (κ2) is 8.36. The largest absolute Gasteiger partial charge is 0.337 e. The van der Waals surface area contributed by atoms with Gasteiger partial charge in [-0.2, -0.15) is 0 Å². The second-order valence-corrected chi connectivity index (χ2v) is 9.75. The van der Waals surface area contributed by atoms with Crippen LogP contribution in [0.5, 0.6) is 0 Å². The lowest BCUT2D eigenvalue weighted by Crippen LogP contribution is -2.45. The number of benzene rings is 1. The van der Waals surface area contributed by atoms with Crippen LogP contribution in [0.25, 0.3) is 0 Å². The smallest absolute Gasteiger partial charge is 0.233 e. The highest BCUT2D eigenvalue weighted by Gasteiger charge is 2.34. The van der Waals surface area contributed by atoms with Gasteiger partial charge in [-0.05, 0) is 39.1 Å². The molecule has 1 saturated heterocycles. The van der Waals surface area contributed by atoms with Gasteiger partial charge >= 0.3 is 0 Å². The SMILES string of the molecule is Cc1ccccc1SCC(=O)N(CCN(C)C)[C@@H]1CCS(=O)(=O)C1. The topological polar surface area (TPSA) is 57.7 Å². The summed E-state index contributed by atoms with van der Waals surface area (Å²) in [7, 11) is 0.908. The molecular formula is C17H26N2O3S2. The van der Waals surface area contributed by atoms with Gasteiger partial charge in [-0.3, -0.25) is 4.79 Å². The van der Waals surface area contributed by atoms with Crippen LogP contribution in [0.4, 0.5) is 0 Å². The number of likely N-dealkylation sites (N-methyl/N-ethyl adjacent to an activating group) is 1. The lowest BCUT2D eigenvalue weighted by atomic mass is 10.2. The minimum absolute atomic E-state index is 0.0206. The third kappa shape index (κ3) is 5.50. The Hall–Kier alpha value is -1.05.